The molecular weight excluding hydrogens is 947 g/mol. The number of carbonyl (C=O) groups excluding carboxylic acids is 5. The molecule has 2 saturated heterocycles. The highest BCUT2D eigenvalue weighted by Gasteiger charge is 2.39. The van der Waals surface area contributed by atoms with E-state index in [0.717, 1.165) is 45.3 Å². The number of amides is 5. The summed E-state index contributed by atoms with van der Waals surface area (Å²) in [5.74, 6) is -2.02. The zero-order valence-corrected chi connectivity index (χ0v) is 44.6. The number of aromatic hydroxyl groups is 1. The number of phenols is 1. The first-order valence-electron chi connectivity index (χ1n) is 23.6. The highest BCUT2D eigenvalue weighted by molar-refractivity contribution is 7.59. The van der Waals surface area contributed by atoms with E-state index in [9.17, 15) is 29.1 Å². The molecule has 4 aromatic rings. The normalized spacial score (nSPS) is 18.6. The number of carbonyl (C=O) groups is 5. The van der Waals surface area contributed by atoms with Crippen LogP contribution >= 0.6 is 40.5 Å². The summed E-state index contributed by atoms with van der Waals surface area (Å²) in [7, 11) is 3.28. The number of nitrogens with one attached hydrogen (secondary N) is 2. The molecule has 3 aromatic carbocycles. The maximum atomic E-state index is 14.7. The average molecular weight is 1020 g/mol. The van der Waals surface area contributed by atoms with Crippen LogP contribution in [0.1, 0.15) is 64.2 Å². The number of cyclic esters (lactones) is 1. The van der Waals surface area contributed by atoms with Gasteiger partial charge in [-0.05, 0) is 96.7 Å². The summed E-state index contributed by atoms with van der Waals surface area (Å²) in [6.45, 7) is 16.5. The van der Waals surface area contributed by atoms with Crippen LogP contribution in [-0.2, 0) is 54.5 Å². The van der Waals surface area contributed by atoms with Crippen molar-refractivity contribution in [2.24, 2.45) is 11.3 Å². The predicted molar refractivity (Wildman–Crippen MR) is 289 cm³/mol. The summed E-state index contributed by atoms with van der Waals surface area (Å²) in [6, 6.07) is 16.7. The van der Waals surface area contributed by atoms with Crippen LogP contribution in [-0.4, -0.2) is 137 Å². The number of hydrazine groups is 1. The van der Waals surface area contributed by atoms with Crippen molar-refractivity contribution in [3.8, 4) is 28.1 Å². The number of likely N-dealkylation sites (N-methyl/N-ethyl adjacent to an activating group) is 1. The molecule has 0 spiro atoms. The van der Waals surface area contributed by atoms with E-state index >= 15 is 0 Å². The first kappa shape index (κ1) is 57.4. The number of urea groups is 1. The fourth-order valence-corrected chi connectivity index (χ4v) is 9.97. The van der Waals surface area contributed by atoms with Crippen molar-refractivity contribution in [2.75, 3.05) is 60.1 Å². The Balaban J connectivity index is 0.00000355. The second-order valence-corrected chi connectivity index (χ2v) is 19.2. The Morgan fingerprint density at radius 1 is 0.986 bits per heavy atom. The van der Waals surface area contributed by atoms with Gasteiger partial charge in [-0.15, -0.1) is 0 Å². The third-order valence-electron chi connectivity index (χ3n) is 13.4. The number of esters is 1. The van der Waals surface area contributed by atoms with Gasteiger partial charge in [-0.25, -0.2) is 10.2 Å². The fraction of sp³-hybridized carbons (Fsp3) is 0.481. The minimum atomic E-state index is -1.16. The molecule has 6 bridgehead atoms. The Hall–Kier alpha value is -5.14. The van der Waals surface area contributed by atoms with E-state index in [1.54, 1.807) is 36.1 Å². The first-order valence-corrected chi connectivity index (χ1v) is 23.6. The fourth-order valence-electron chi connectivity index (χ4n) is 9.97. The van der Waals surface area contributed by atoms with Gasteiger partial charge in [0.05, 0.1) is 18.9 Å². The highest BCUT2D eigenvalue weighted by atomic mass is 32.1. The second kappa shape index (κ2) is 24.8. The van der Waals surface area contributed by atoms with Crippen molar-refractivity contribution in [1.29, 1.82) is 0 Å². The van der Waals surface area contributed by atoms with Crippen molar-refractivity contribution in [3.63, 3.8) is 0 Å². The van der Waals surface area contributed by atoms with Gasteiger partial charge in [-0.2, -0.15) is 40.5 Å². The van der Waals surface area contributed by atoms with E-state index in [1.165, 1.54) is 21.5 Å². The molecule has 0 saturated carbocycles. The quantitative estimate of drug-likeness (QED) is 0.123. The standard InChI is InChI=1S/C52H67N7O8.3H2S/c1-9-45(61)56-21-23-57(24-22-56)51(65)55(7)46(33(3)4)48(62)53-43-28-34-26-37(29-38(60)27-34)36-17-18-44-40(30-36)41(47(58(44)10-2)39-15-12-11-14-35(39)19-25-66-8)31-52(5,6)32-67-50(64)42-16-13-20-59(54-42)49(43)63;;;/h9,11-12,14-15,17-18,26-27,29-30,33,42-43,46,54,60H,1,10,13,16,19-25,28,31-32H2,2-8H3,(H,53,62);3*1H2/t42-,43-,46-;;;/m0.../s1. The molecule has 1 aromatic heterocycles. The Morgan fingerprint density at radius 3 is 2.36 bits per heavy atom. The maximum Gasteiger partial charge on any atom is 0.324 e. The second-order valence-electron chi connectivity index (χ2n) is 19.2. The lowest BCUT2D eigenvalue weighted by Crippen LogP contribution is -2.63. The summed E-state index contributed by atoms with van der Waals surface area (Å²) >= 11 is 0. The number of phenolic OH excluding ortho intramolecular Hbond substituents is 1. The number of methoxy groups -OCH3 is 1. The van der Waals surface area contributed by atoms with Crippen LogP contribution in [0.5, 0.6) is 5.75 Å². The molecule has 3 aliphatic heterocycles. The number of aromatic nitrogens is 1. The van der Waals surface area contributed by atoms with Crippen molar-refractivity contribution < 1.29 is 38.6 Å². The molecule has 70 heavy (non-hydrogen) atoms. The monoisotopic (exact) mass is 1020 g/mol. The van der Waals surface area contributed by atoms with Gasteiger partial charge < -0.3 is 39.2 Å². The zero-order chi connectivity index (χ0) is 48.2. The SMILES string of the molecule is C=CC(=O)N1CCN(C(=O)N(C)[C@H](C(=O)N[C@H]2Cc3cc(O)cc(c3)-c3ccc4c(c3)c(c(-c3ccccc3CCOC)n4CC)CC(C)(C)COC(=O)[C@@H]3CCCN(N3)C2=O)C(C)C)CC1.S.S.S. The molecule has 5 amide bonds. The van der Waals surface area contributed by atoms with E-state index in [-0.39, 0.29) is 83.7 Å². The Labute approximate surface area is 433 Å². The van der Waals surface area contributed by atoms with Gasteiger partial charge in [0.2, 0.25) is 11.8 Å². The van der Waals surface area contributed by atoms with Gasteiger partial charge in [0.15, 0.2) is 0 Å². The lowest BCUT2D eigenvalue weighted by Gasteiger charge is -2.39. The van der Waals surface area contributed by atoms with Gasteiger partial charge in [0.1, 0.15) is 23.9 Å². The van der Waals surface area contributed by atoms with E-state index in [1.807, 2.05) is 26.0 Å². The minimum Gasteiger partial charge on any atom is -0.508 e. The van der Waals surface area contributed by atoms with Crippen molar-refractivity contribution >= 4 is 81.1 Å². The molecule has 3 aliphatic rings. The van der Waals surface area contributed by atoms with E-state index in [0.29, 0.717) is 64.2 Å². The Kier molecular flexibility index (Phi) is 20.4. The van der Waals surface area contributed by atoms with Crippen LogP contribution in [0.2, 0.25) is 0 Å². The molecular formula is C52H73N7O8S3. The molecule has 4 heterocycles. The molecule has 3 atom stereocenters. The van der Waals surface area contributed by atoms with Crippen LogP contribution in [0, 0.1) is 11.3 Å². The van der Waals surface area contributed by atoms with Gasteiger partial charge in [-0.3, -0.25) is 24.2 Å². The number of benzene rings is 3. The van der Waals surface area contributed by atoms with Crippen molar-refractivity contribution in [2.45, 2.75) is 91.4 Å². The van der Waals surface area contributed by atoms with Crippen LogP contribution < -0.4 is 10.7 Å². The summed E-state index contributed by atoms with van der Waals surface area (Å²) in [4.78, 5) is 74.0. The van der Waals surface area contributed by atoms with Crippen LogP contribution in [0.25, 0.3) is 33.3 Å². The zero-order valence-electron chi connectivity index (χ0n) is 41.6. The number of nitrogens with zero attached hydrogens (tertiary/aromatic N) is 5. The molecule has 0 aliphatic carbocycles. The Morgan fingerprint density at radius 2 is 1.69 bits per heavy atom. The number of fused-ring (bicyclic) bond motifs is 6. The largest absolute Gasteiger partial charge is 0.508 e. The highest BCUT2D eigenvalue weighted by Crippen LogP contribution is 2.41. The van der Waals surface area contributed by atoms with Crippen molar-refractivity contribution in [1.82, 2.24) is 35.0 Å². The summed E-state index contributed by atoms with van der Waals surface area (Å²) in [5, 5.41) is 16.8. The average Bonchev–Trinajstić information content (AvgIpc) is 3.62. The minimum absolute atomic E-state index is 0. The molecule has 7 rings (SSSR count). The number of ether oxygens (including phenoxy) is 2. The van der Waals surface area contributed by atoms with Crippen LogP contribution in [0.3, 0.4) is 0 Å². The van der Waals surface area contributed by atoms with Gasteiger partial charge in [-0.1, -0.05) is 70.7 Å². The van der Waals surface area contributed by atoms with Gasteiger partial charge in [0, 0.05) is 81.7 Å². The van der Waals surface area contributed by atoms with E-state index in [4.69, 9.17) is 9.47 Å². The van der Waals surface area contributed by atoms with Crippen molar-refractivity contribution in [3.05, 3.63) is 90.0 Å². The van der Waals surface area contributed by atoms with Crippen LogP contribution in [0.15, 0.2) is 73.3 Å². The van der Waals surface area contributed by atoms with E-state index < -0.39 is 41.3 Å². The molecule has 0 unspecified atom stereocenters. The van der Waals surface area contributed by atoms with Gasteiger partial charge >= 0.3 is 12.0 Å². The lowest BCUT2D eigenvalue weighted by atomic mass is 9.83. The number of hydrogen-bond donors (Lipinski definition) is 3. The number of aryl methyl sites for hydroxylation is 1. The third kappa shape index (κ3) is 12.7. The number of rotatable bonds is 10. The smallest absolute Gasteiger partial charge is 0.324 e. The van der Waals surface area contributed by atoms with Gasteiger partial charge in [0.25, 0.3) is 5.91 Å². The molecule has 18 heteroatoms. The number of hydrogen-bond acceptors (Lipinski definition) is 9. The van der Waals surface area contributed by atoms with E-state index in [2.05, 4.69) is 79.1 Å². The molecule has 15 nitrogen and oxygen atoms in total. The molecule has 0 radical (unpaired) electrons. The van der Waals surface area contributed by atoms with Crippen LogP contribution in [0.4, 0.5) is 4.79 Å². The summed E-state index contributed by atoms with van der Waals surface area (Å²) < 4.78 is 14.0. The first-order chi connectivity index (χ1) is 32.0. The molecule has 3 N–H and O–H groups in total. The number of piperazine rings is 1. The lowest BCUT2D eigenvalue weighted by molar-refractivity contribution is -0.155. The topological polar surface area (TPSA) is 166 Å². The third-order valence-corrected chi connectivity index (χ3v) is 13.4. The Bertz CT molecular complexity index is 2520. The molecule has 2 fully saturated rings. The summed E-state index contributed by atoms with van der Waals surface area (Å²) in [6.07, 6.45) is 3.53. The summed E-state index contributed by atoms with van der Waals surface area (Å²) in [5.41, 5.74) is 10.4. The maximum absolute atomic E-state index is 14.7. The predicted octanol–water partition coefficient (Wildman–Crippen LogP) is 6.28. The molecule has 382 valence electrons.